The molecular formula is C34H12F4N4. The van der Waals surface area contributed by atoms with E-state index in [4.69, 9.17) is 0 Å². The summed E-state index contributed by atoms with van der Waals surface area (Å²) < 4.78 is 55.5. The Balaban J connectivity index is 1.69. The number of rotatable bonds is 2. The number of allylic oxidation sites excluding steroid dienone is 6. The highest BCUT2D eigenvalue weighted by molar-refractivity contribution is 6.38. The molecule has 4 nitrogen and oxygen atoms in total. The summed E-state index contributed by atoms with van der Waals surface area (Å²) >= 11 is 0. The van der Waals surface area contributed by atoms with Crippen LogP contribution in [0.2, 0.25) is 0 Å². The Morgan fingerprint density at radius 2 is 0.738 bits per heavy atom. The standard InChI is InChI=1S/C34H12F4N4/c35-27-7-3-19(11-29(27)37)17-1-5-23-25(9-17)33-32(22(15-41)16-42)24-6-2-18(20-4-8-28(36)30(38)12-20)10-26(24)34(33)31(23)21(13-39)14-40/h1-12H. The summed E-state index contributed by atoms with van der Waals surface area (Å²) in [6.07, 6.45) is 0. The molecule has 4 aromatic carbocycles. The first-order chi connectivity index (χ1) is 20.3. The summed E-state index contributed by atoms with van der Waals surface area (Å²) in [5.74, 6) is -4.10. The molecular weight excluding hydrogens is 540 g/mol. The second-order valence-electron chi connectivity index (χ2n) is 9.48. The lowest BCUT2D eigenvalue weighted by Crippen LogP contribution is -1.97. The molecule has 0 bridgehead atoms. The molecule has 0 saturated heterocycles. The highest BCUT2D eigenvalue weighted by atomic mass is 19.2. The van der Waals surface area contributed by atoms with Gasteiger partial charge in [-0.05, 0) is 80.9 Å². The van der Waals surface area contributed by atoms with E-state index >= 15 is 0 Å². The van der Waals surface area contributed by atoms with Crippen molar-refractivity contribution in [3.63, 3.8) is 0 Å². The molecule has 0 fully saturated rings. The molecule has 4 aromatic rings. The Morgan fingerprint density at radius 3 is 1.07 bits per heavy atom. The summed E-state index contributed by atoms with van der Waals surface area (Å²) in [5, 5.41) is 39.6. The van der Waals surface area contributed by atoms with Crippen molar-refractivity contribution in [1.29, 1.82) is 21.0 Å². The molecule has 0 radical (unpaired) electrons. The molecule has 8 heteroatoms. The third kappa shape index (κ3) is 3.80. The summed E-state index contributed by atoms with van der Waals surface area (Å²) in [5.41, 5.74) is 4.56. The van der Waals surface area contributed by atoms with Crippen molar-refractivity contribution in [1.82, 2.24) is 0 Å². The quantitative estimate of drug-likeness (QED) is 0.185. The van der Waals surface area contributed by atoms with Gasteiger partial charge in [0.2, 0.25) is 0 Å². The van der Waals surface area contributed by atoms with Crippen LogP contribution < -0.4 is 0 Å². The molecule has 0 saturated carbocycles. The molecule has 0 aliphatic heterocycles. The smallest absolute Gasteiger partial charge is 0.159 e. The van der Waals surface area contributed by atoms with Gasteiger partial charge in [0.1, 0.15) is 35.4 Å². The van der Waals surface area contributed by atoms with Gasteiger partial charge in [0.05, 0.1) is 0 Å². The zero-order valence-electron chi connectivity index (χ0n) is 21.2. The van der Waals surface area contributed by atoms with Crippen LogP contribution in [0.5, 0.6) is 0 Å². The van der Waals surface area contributed by atoms with Crippen molar-refractivity contribution >= 4 is 22.3 Å². The number of hydrogen-bond acceptors (Lipinski definition) is 4. The van der Waals surface area contributed by atoms with E-state index in [1.54, 1.807) is 36.4 Å². The Labute approximate surface area is 236 Å². The van der Waals surface area contributed by atoms with E-state index in [-0.39, 0.29) is 22.3 Å². The average molecular weight is 552 g/mol. The highest BCUT2D eigenvalue weighted by Crippen LogP contribution is 2.59. The van der Waals surface area contributed by atoms with Gasteiger partial charge in [-0.2, -0.15) is 21.0 Å². The number of benzene rings is 4. The predicted molar refractivity (Wildman–Crippen MR) is 147 cm³/mol. The maximum Gasteiger partial charge on any atom is 0.159 e. The Bertz CT molecular complexity index is 1990. The Hall–Kier alpha value is -6.22. The lowest BCUT2D eigenvalue weighted by Gasteiger charge is -2.15. The second kappa shape index (κ2) is 9.76. The highest BCUT2D eigenvalue weighted by Gasteiger charge is 2.40. The van der Waals surface area contributed by atoms with Gasteiger partial charge in [-0.3, -0.25) is 0 Å². The zero-order chi connectivity index (χ0) is 29.7. The lowest BCUT2D eigenvalue weighted by molar-refractivity contribution is 0.509. The van der Waals surface area contributed by atoms with Crippen LogP contribution in [0.25, 0.3) is 44.5 Å². The monoisotopic (exact) mass is 552 g/mol. The van der Waals surface area contributed by atoms with Crippen LogP contribution in [-0.2, 0) is 0 Å². The fourth-order valence-electron chi connectivity index (χ4n) is 5.50. The van der Waals surface area contributed by atoms with Gasteiger partial charge in [-0.1, -0.05) is 36.4 Å². The van der Waals surface area contributed by atoms with Crippen molar-refractivity contribution in [2.24, 2.45) is 0 Å². The van der Waals surface area contributed by atoms with Crippen LogP contribution in [0.3, 0.4) is 0 Å². The topological polar surface area (TPSA) is 95.2 Å². The largest absolute Gasteiger partial charge is 0.204 e. The molecule has 0 unspecified atom stereocenters. The number of nitrogens with zero attached hydrogens (tertiary/aromatic N) is 4. The zero-order valence-corrected chi connectivity index (χ0v) is 21.2. The van der Waals surface area contributed by atoms with E-state index in [9.17, 15) is 38.6 Å². The third-order valence-electron chi connectivity index (χ3n) is 7.32. The minimum absolute atomic E-state index is 0.220. The second-order valence-corrected chi connectivity index (χ2v) is 9.48. The molecule has 0 amide bonds. The number of hydrogen-bond donors (Lipinski definition) is 0. The molecule has 0 spiro atoms. The molecule has 0 heterocycles. The van der Waals surface area contributed by atoms with Crippen LogP contribution in [0.1, 0.15) is 22.3 Å². The predicted octanol–water partition coefficient (Wildman–Crippen LogP) is 8.12. The van der Waals surface area contributed by atoms with E-state index < -0.39 is 23.3 Å². The first-order valence-electron chi connectivity index (χ1n) is 12.4. The number of fused-ring (bicyclic) bond motifs is 4. The summed E-state index contributed by atoms with van der Waals surface area (Å²) in [4.78, 5) is 0. The first-order valence-corrected chi connectivity index (χ1v) is 12.4. The maximum absolute atomic E-state index is 14.1. The normalized spacial score (nSPS) is 12.5. The van der Waals surface area contributed by atoms with E-state index in [1.807, 2.05) is 24.3 Å². The fraction of sp³-hybridized carbons (Fsp3) is 0. The van der Waals surface area contributed by atoms with Gasteiger partial charge >= 0.3 is 0 Å². The third-order valence-corrected chi connectivity index (χ3v) is 7.32. The van der Waals surface area contributed by atoms with Gasteiger partial charge < -0.3 is 0 Å². The molecule has 2 aliphatic carbocycles. The van der Waals surface area contributed by atoms with Gasteiger partial charge in [-0.15, -0.1) is 0 Å². The van der Waals surface area contributed by atoms with Crippen LogP contribution in [0, 0.1) is 68.6 Å². The fourth-order valence-corrected chi connectivity index (χ4v) is 5.50. The van der Waals surface area contributed by atoms with Gasteiger partial charge in [-0.25, -0.2) is 17.6 Å². The van der Waals surface area contributed by atoms with Crippen molar-refractivity contribution in [3.05, 3.63) is 129 Å². The molecule has 2 aliphatic rings. The van der Waals surface area contributed by atoms with E-state index in [0.717, 1.165) is 24.3 Å². The Kier molecular flexibility index (Phi) is 6.05. The molecule has 6 rings (SSSR count). The number of halogens is 4. The van der Waals surface area contributed by atoms with Crippen LogP contribution in [-0.4, -0.2) is 0 Å². The van der Waals surface area contributed by atoms with Gasteiger partial charge in [0.15, 0.2) is 23.3 Å². The Morgan fingerprint density at radius 1 is 0.405 bits per heavy atom. The maximum atomic E-state index is 14.1. The van der Waals surface area contributed by atoms with Crippen molar-refractivity contribution < 1.29 is 17.6 Å². The van der Waals surface area contributed by atoms with Crippen molar-refractivity contribution in [3.8, 4) is 46.5 Å². The minimum atomic E-state index is -1.04. The van der Waals surface area contributed by atoms with Gasteiger partial charge in [0.25, 0.3) is 0 Å². The van der Waals surface area contributed by atoms with Crippen LogP contribution in [0.4, 0.5) is 17.6 Å². The summed E-state index contributed by atoms with van der Waals surface area (Å²) in [7, 11) is 0. The minimum Gasteiger partial charge on any atom is -0.204 e. The molecule has 0 atom stereocenters. The van der Waals surface area contributed by atoms with E-state index in [1.165, 1.54) is 12.1 Å². The SMILES string of the molecule is N#CC(C#N)=C1C2=C(C(=C(C#N)C#N)c3ccc(-c4ccc(F)c(F)c4)cc32)c2cc(-c3ccc(F)c(F)c3)ccc21. The van der Waals surface area contributed by atoms with Crippen LogP contribution >= 0.6 is 0 Å². The van der Waals surface area contributed by atoms with Crippen LogP contribution in [0.15, 0.2) is 83.9 Å². The first kappa shape index (κ1) is 26.0. The average Bonchev–Trinajstić information content (AvgIpc) is 3.50. The summed E-state index contributed by atoms with van der Waals surface area (Å²) in [6, 6.07) is 24.5. The summed E-state index contributed by atoms with van der Waals surface area (Å²) in [6.45, 7) is 0. The van der Waals surface area contributed by atoms with Crippen molar-refractivity contribution in [2.75, 3.05) is 0 Å². The van der Waals surface area contributed by atoms with Crippen molar-refractivity contribution in [2.45, 2.75) is 0 Å². The number of nitriles is 4. The molecule has 196 valence electrons. The lowest BCUT2D eigenvalue weighted by atomic mass is 9.87. The molecule has 0 aromatic heterocycles. The van der Waals surface area contributed by atoms with E-state index in [0.29, 0.717) is 55.7 Å². The van der Waals surface area contributed by atoms with Gasteiger partial charge in [0, 0.05) is 22.3 Å². The molecule has 0 N–H and O–H groups in total. The molecule has 42 heavy (non-hydrogen) atoms. The van der Waals surface area contributed by atoms with E-state index in [2.05, 4.69) is 0 Å².